The first-order chi connectivity index (χ1) is 8.58. The minimum atomic E-state index is -3.12. The molecule has 1 atom stereocenters. The summed E-state index contributed by atoms with van der Waals surface area (Å²) in [6.45, 7) is 3.92. The highest BCUT2D eigenvalue weighted by Crippen LogP contribution is 2.09. The van der Waals surface area contributed by atoms with Gasteiger partial charge in [0.05, 0.1) is 5.75 Å². The molecule has 1 aliphatic heterocycles. The second-order valence-corrected chi connectivity index (χ2v) is 6.85. The largest absolute Gasteiger partial charge is 0.312 e. The van der Waals surface area contributed by atoms with Gasteiger partial charge in [-0.2, -0.15) is 4.31 Å². The number of nitrogens with zero attached hydrogens (tertiary/aromatic N) is 1. The Morgan fingerprint density at radius 3 is 2.63 bits per heavy atom. The maximum absolute atomic E-state index is 12.2. The first kappa shape index (κ1) is 16.4. The normalized spacial score (nSPS) is 20.8. The molecule has 0 aliphatic carbocycles. The molecule has 1 N–H and O–H groups in total. The molecule has 1 aromatic rings. The average Bonchev–Trinajstić information content (AvgIpc) is 2.38. The molecule has 0 spiro atoms. The monoisotopic (exact) mass is 304 g/mol. The van der Waals surface area contributed by atoms with Gasteiger partial charge in [-0.25, -0.2) is 8.42 Å². The topological polar surface area (TPSA) is 49.4 Å². The van der Waals surface area contributed by atoms with Gasteiger partial charge in [0.15, 0.2) is 0 Å². The minimum Gasteiger partial charge on any atom is -0.312 e. The van der Waals surface area contributed by atoms with Gasteiger partial charge in [0, 0.05) is 25.7 Å². The zero-order chi connectivity index (χ0) is 13.0. The third kappa shape index (κ3) is 4.76. The number of halogens is 1. The van der Waals surface area contributed by atoms with E-state index in [1.807, 2.05) is 37.3 Å². The zero-order valence-corrected chi connectivity index (χ0v) is 12.7. The highest BCUT2D eigenvalue weighted by Gasteiger charge is 2.26. The Hall–Kier alpha value is -0.620. The molecule has 1 saturated heterocycles. The van der Waals surface area contributed by atoms with Crippen LogP contribution in [0.25, 0.3) is 0 Å². The SMILES string of the molecule is C[C@@H]1CN(S(=O)(=O)CCc2ccccc2)CCN1.Cl. The lowest BCUT2D eigenvalue weighted by Gasteiger charge is -2.31. The number of piperazine rings is 1. The van der Waals surface area contributed by atoms with Crippen LogP contribution in [0.4, 0.5) is 0 Å². The standard InChI is InChI=1S/C13H20N2O2S.ClH/c1-12-11-15(9-8-14-12)18(16,17)10-7-13-5-3-2-4-6-13;/h2-6,12,14H,7-11H2,1H3;1H/t12-;/m1./s1. The highest BCUT2D eigenvalue weighted by atomic mass is 35.5. The van der Waals surface area contributed by atoms with Gasteiger partial charge in [-0.1, -0.05) is 30.3 Å². The number of aryl methyl sites for hydroxylation is 1. The number of sulfonamides is 1. The Morgan fingerprint density at radius 1 is 1.32 bits per heavy atom. The van der Waals surface area contributed by atoms with Crippen molar-refractivity contribution in [3.05, 3.63) is 35.9 Å². The first-order valence-corrected chi connectivity index (χ1v) is 7.94. The van der Waals surface area contributed by atoms with Crippen LogP contribution in [0, 0.1) is 0 Å². The summed E-state index contributed by atoms with van der Waals surface area (Å²) in [5.74, 6) is 0.198. The molecule has 1 fully saturated rings. The molecule has 0 unspecified atom stereocenters. The number of hydrogen-bond acceptors (Lipinski definition) is 3. The third-order valence-corrected chi connectivity index (χ3v) is 5.05. The fourth-order valence-electron chi connectivity index (χ4n) is 2.17. The lowest BCUT2D eigenvalue weighted by Crippen LogP contribution is -2.51. The van der Waals surface area contributed by atoms with Crippen molar-refractivity contribution >= 4 is 22.4 Å². The van der Waals surface area contributed by atoms with Gasteiger partial charge in [-0.3, -0.25) is 0 Å². The molecule has 6 heteroatoms. The van der Waals surface area contributed by atoms with E-state index in [1.54, 1.807) is 4.31 Å². The number of nitrogens with one attached hydrogen (secondary N) is 1. The molecule has 1 aromatic carbocycles. The van der Waals surface area contributed by atoms with Crippen LogP contribution in [0.15, 0.2) is 30.3 Å². The maximum Gasteiger partial charge on any atom is 0.214 e. The van der Waals surface area contributed by atoms with Gasteiger partial charge >= 0.3 is 0 Å². The van der Waals surface area contributed by atoms with Crippen molar-refractivity contribution in [3.8, 4) is 0 Å². The molecule has 0 amide bonds. The van der Waals surface area contributed by atoms with Gasteiger partial charge in [-0.05, 0) is 18.9 Å². The summed E-state index contributed by atoms with van der Waals surface area (Å²) in [6.07, 6.45) is 0.585. The van der Waals surface area contributed by atoms with Crippen LogP contribution in [0.2, 0.25) is 0 Å². The molecule has 0 radical (unpaired) electrons. The zero-order valence-electron chi connectivity index (χ0n) is 11.1. The van der Waals surface area contributed by atoms with E-state index < -0.39 is 10.0 Å². The van der Waals surface area contributed by atoms with E-state index in [0.29, 0.717) is 19.5 Å². The molecular formula is C13H21ClN2O2S. The van der Waals surface area contributed by atoms with E-state index in [1.165, 1.54) is 0 Å². The summed E-state index contributed by atoms with van der Waals surface area (Å²) in [6, 6.07) is 10.00. The van der Waals surface area contributed by atoms with Gasteiger partial charge in [0.1, 0.15) is 0 Å². The van der Waals surface area contributed by atoms with Crippen LogP contribution in [-0.2, 0) is 16.4 Å². The molecule has 4 nitrogen and oxygen atoms in total. The van der Waals surface area contributed by atoms with Gasteiger partial charge in [-0.15, -0.1) is 12.4 Å². The van der Waals surface area contributed by atoms with E-state index in [2.05, 4.69) is 5.32 Å². The van der Waals surface area contributed by atoms with Gasteiger partial charge < -0.3 is 5.32 Å². The van der Waals surface area contributed by atoms with E-state index >= 15 is 0 Å². The van der Waals surface area contributed by atoms with Crippen molar-refractivity contribution in [2.75, 3.05) is 25.4 Å². The molecule has 0 bridgehead atoms. The Kier molecular flexibility index (Phi) is 6.26. The van der Waals surface area contributed by atoms with Gasteiger partial charge in [0.25, 0.3) is 0 Å². The van der Waals surface area contributed by atoms with Gasteiger partial charge in [0.2, 0.25) is 10.0 Å². The molecular weight excluding hydrogens is 284 g/mol. The highest BCUT2D eigenvalue weighted by molar-refractivity contribution is 7.89. The molecule has 108 valence electrons. The smallest absolute Gasteiger partial charge is 0.214 e. The van der Waals surface area contributed by atoms with Crippen LogP contribution in [0.5, 0.6) is 0 Å². The number of hydrogen-bond donors (Lipinski definition) is 1. The second kappa shape index (κ2) is 7.24. The van der Waals surface area contributed by atoms with E-state index in [4.69, 9.17) is 0 Å². The van der Waals surface area contributed by atoms with Crippen LogP contribution in [-0.4, -0.2) is 44.2 Å². The fourth-order valence-corrected chi connectivity index (χ4v) is 3.74. The Bertz CT molecular complexity index is 479. The van der Waals surface area contributed by atoms with Crippen molar-refractivity contribution in [3.63, 3.8) is 0 Å². The predicted octanol–water partition coefficient (Wildman–Crippen LogP) is 1.27. The van der Waals surface area contributed by atoms with E-state index in [0.717, 1.165) is 12.1 Å². The Labute approximate surface area is 121 Å². The molecule has 0 saturated carbocycles. The van der Waals surface area contributed by atoms with Crippen molar-refractivity contribution in [2.45, 2.75) is 19.4 Å². The Morgan fingerprint density at radius 2 is 2.00 bits per heavy atom. The third-order valence-electron chi connectivity index (χ3n) is 3.22. The van der Waals surface area contributed by atoms with E-state index in [9.17, 15) is 8.42 Å². The van der Waals surface area contributed by atoms with Crippen molar-refractivity contribution < 1.29 is 8.42 Å². The summed E-state index contributed by atoms with van der Waals surface area (Å²) < 4.78 is 26.0. The summed E-state index contributed by atoms with van der Waals surface area (Å²) in [4.78, 5) is 0. The maximum atomic E-state index is 12.2. The lowest BCUT2D eigenvalue weighted by atomic mass is 10.2. The number of benzene rings is 1. The van der Waals surface area contributed by atoms with Crippen LogP contribution < -0.4 is 5.32 Å². The molecule has 1 aliphatic rings. The molecule has 2 rings (SSSR count). The quantitative estimate of drug-likeness (QED) is 0.911. The molecule has 19 heavy (non-hydrogen) atoms. The summed E-state index contributed by atoms with van der Waals surface area (Å²) in [7, 11) is -3.12. The second-order valence-electron chi connectivity index (χ2n) is 4.76. The lowest BCUT2D eigenvalue weighted by molar-refractivity contribution is 0.310. The van der Waals surface area contributed by atoms with Crippen LogP contribution in [0.3, 0.4) is 0 Å². The van der Waals surface area contributed by atoms with Crippen molar-refractivity contribution in [2.24, 2.45) is 0 Å². The fraction of sp³-hybridized carbons (Fsp3) is 0.538. The van der Waals surface area contributed by atoms with Crippen molar-refractivity contribution in [1.82, 2.24) is 9.62 Å². The molecule has 0 aromatic heterocycles. The average molecular weight is 305 g/mol. The van der Waals surface area contributed by atoms with E-state index in [-0.39, 0.29) is 24.2 Å². The predicted molar refractivity (Wildman–Crippen MR) is 80.2 cm³/mol. The van der Waals surface area contributed by atoms with Crippen LogP contribution in [0.1, 0.15) is 12.5 Å². The van der Waals surface area contributed by atoms with Crippen molar-refractivity contribution in [1.29, 1.82) is 0 Å². The summed E-state index contributed by atoms with van der Waals surface area (Å²) in [5.41, 5.74) is 1.07. The number of rotatable bonds is 4. The molecule has 1 heterocycles. The first-order valence-electron chi connectivity index (χ1n) is 6.33. The van der Waals surface area contributed by atoms with Crippen LogP contribution >= 0.6 is 12.4 Å². The minimum absolute atomic E-state index is 0. The Balaban J connectivity index is 0.00000180. The summed E-state index contributed by atoms with van der Waals surface area (Å²) >= 11 is 0. The summed E-state index contributed by atoms with van der Waals surface area (Å²) in [5, 5.41) is 3.25.